The number of thiophene rings is 1. The van der Waals surface area contributed by atoms with E-state index in [4.69, 9.17) is 0 Å². The fourth-order valence-electron chi connectivity index (χ4n) is 12.1. The Morgan fingerprint density at radius 2 is 0.672 bits per heavy atom. The van der Waals surface area contributed by atoms with E-state index in [1.807, 2.05) is 11.3 Å². The molecule has 3 aliphatic carbocycles. The van der Waals surface area contributed by atoms with Crippen molar-refractivity contribution in [3.8, 4) is 33.4 Å². The predicted molar refractivity (Wildman–Crippen MR) is 283 cm³/mol. The van der Waals surface area contributed by atoms with Crippen LogP contribution in [0.2, 0.25) is 0 Å². The summed E-state index contributed by atoms with van der Waals surface area (Å²) in [6.07, 6.45) is 0. The normalized spacial score (nSPS) is 15.5. The Morgan fingerprint density at radius 3 is 1.25 bits per heavy atom. The van der Waals surface area contributed by atoms with Crippen LogP contribution in [0, 0.1) is 0 Å². The van der Waals surface area contributed by atoms with Gasteiger partial charge in [-0.3, -0.25) is 0 Å². The molecular weight excluding hydrogens is 829 g/mol. The lowest BCUT2D eigenvalue weighted by Crippen LogP contribution is -2.26. The van der Waals surface area contributed by atoms with Crippen LogP contribution in [-0.2, 0) is 10.8 Å². The zero-order valence-electron chi connectivity index (χ0n) is 37.2. The van der Waals surface area contributed by atoms with Crippen molar-refractivity contribution in [2.45, 2.75) is 24.7 Å². The molecule has 1 unspecified atom stereocenters. The van der Waals surface area contributed by atoms with Gasteiger partial charge in [0.15, 0.2) is 0 Å². The molecule has 0 fully saturated rings. The second-order valence-electron chi connectivity index (χ2n) is 18.8. The SMILES string of the molecule is CC1(C)c2ccccc2-c2ccc(N(c3ccc4c(c3)C3(c5ccccc5-c5ccc(N(c6ccccc6)c6ccccc6)cc53)c3ccccc3-4)c3ccc4sc5ccccc5c4c3)cc21. The molecule has 3 heteroatoms. The first-order chi connectivity index (χ1) is 33.0. The van der Waals surface area contributed by atoms with Gasteiger partial charge < -0.3 is 9.80 Å². The van der Waals surface area contributed by atoms with Gasteiger partial charge in [-0.05, 0) is 152 Å². The number of para-hydroxylation sites is 2. The Kier molecular flexibility index (Phi) is 8.15. The van der Waals surface area contributed by atoms with Crippen LogP contribution in [0.25, 0.3) is 53.6 Å². The molecule has 67 heavy (non-hydrogen) atoms. The summed E-state index contributed by atoms with van der Waals surface area (Å²) >= 11 is 1.87. The third-order valence-electron chi connectivity index (χ3n) is 15.0. The summed E-state index contributed by atoms with van der Waals surface area (Å²) < 4.78 is 2.61. The summed E-state index contributed by atoms with van der Waals surface area (Å²) in [5.74, 6) is 0. The van der Waals surface area contributed by atoms with E-state index in [1.54, 1.807) is 0 Å². The molecule has 11 aromatic rings. The molecule has 0 amide bonds. The summed E-state index contributed by atoms with van der Waals surface area (Å²) in [7, 11) is 0. The molecule has 0 bridgehead atoms. The van der Waals surface area contributed by atoms with Crippen molar-refractivity contribution in [3.05, 3.63) is 264 Å². The zero-order chi connectivity index (χ0) is 44.4. The Balaban J connectivity index is 1.03. The van der Waals surface area contributed by atoms with E-state index < -0.39 is 5.41 Å². The van der Waals surface area contributed by atoms with Gasteiger partial charge in [0, 0.05) is 59.7 Å². The van der Waals surface area contributed by atoms with Crippen molar-refractivity contribution in [1.29, 1.82) is 0 Å². The first kappa shape index (κ1) is 38.3. The number of hydrogen-bond donors (Lipinski definition) is 0. The van der Waals surface area contributed by atoms with E-state index in [1.165, 1.54) is 86.9 Å². The number of anilines is 6. The van der Waals surface area contributed by atoms with Gasteiger partial charge in [-0.2, -0.15) is 0 Å². The van der Waals surface area contributed by atoms with Gasteiger partial charge in [0.2, 0.25) is 0 Å². The third-order valence-corrected chi connectivity index (χ3v) is 16.2. The maximum Gasteiger partial charge on any atom is 0.0727 e. The standard InChI is InChI=1S/C64H44N2S/c1-63(2)55-25-13-9-21-47(55)50-33-29-44(38-58(50)63)66(43-32-36-62-54(37-43)53-24-12-16-28-61(53)67-62)46-31-35-52-49-23-11-15-27-57(49)64(60(52)40-46)56-26-14-10-22-48(56)51-34-30-45(39-59(51)64)65(41-17-5-3-6-18-41)42-19-7-4-8-20-42/h3-40H,1-2H3. The van der Waals surface area contributed by atoms with E-state index in [0.717, 1.165) is 34.1 Å². The van der Waals surface area contributed by atoms with Crippen LogP contribution in [-0.4, -0.2) is 0 Å². The maximum atomic E-state index is 2.53. The predicted octanol–water partition coefficient (Wildman–Crippen LogP) is 17.6. The van der Waals surface area contributed by atoms with E-state index in [-0.39, 0.29) is 5.41 Å². The second-order valence-corrected chi connectivity index (χ2v) is 19.9. The summed E-state index contributed by atoms with van der Waals surface area (Å²) in [6, 6.07) is 86.4. The van der Waals surface area contributed by atoms with E-state index in [2.05, 4.69) is 254 Å². The van der Waals surface area contributed by atoms with Gasteiger partial charge in [-0.25, -0.2) is 0 Å². The van der Waals surface area contributed by atoms with Crippen LogP contribution in [0.1, 0.15) is 47.2 Å². The summed E-state index contributed by atoms with van der Waals surface area (Å²) in [5, 5.41) is 2.59. The quantitative estimate of drug-likeness (QED) is 0.164. The average molecular weight is 873 g/mol. The highest BCUT2D eigenvalue weighted by Crippen LogP contribution is 2.64. The van der Waals surface area contributed by atoms with E-state index >= 15 is 0 Å². The molecule has 1 spiro atoms. The van der Waals surface area contributed by atoms with Crippen molar-refractivity contribution in [2.75, 3.05) is 9.80 Å². The van der Waals surface area contributed by atoms with E-state index in [9.17, 15) is 0 Å². The molecule has 0 saturated heterocycles. The van der Waals surface area contributed by atoms with Crippen molar-refractivity contribution in [3.63, 3.8) is 0 Å². The lowest BCUT2D eigenvalue weighted by Gasteiger charge is -2.33. The number of fused-ring (bicyclic) bond motifs is 16. The maximum absolute atomic E-state index is 2.53. The van der Waals surface area contributed by atoms with Crippen molar-refractivity contribution < 1.29 is 0 Å². The zero-order valence-corrected chi connectivity index (χ0v) is 38.1. The molecule has 10 aromatic carbocycles. The molecule has 0 saturated carbocycles. The van der Waals surface area contributed by atoms with Crippen LogP contribution in [0.3, 0.4) is 0 Å². The molecule has 1 heterocycles. The molecular formula is C64H44N2S. The molecule has 1 atom stereocenters. The van der Waals surface area contributed by atoms with Crippen LogP contribution < -0.4 is 9.80 Å². The van der Waals surface area contributed by atoms with Gasteiger partial charge in [0.25, 0.3) is 0 Å². The molecule has 3 aliphatic rings. The highest BCUT2D eigenvalue weighted by Gasteiger charge is 2.52. The number of rotatable bonds is 6. The number of benzene rings is 10. The summed E-state index contributed by atoms with van der Waals surface area (Å²) in [5.41, 5.74) is 21.9. The summed E-state index contributed by atoms with van der Waals surface area (Å²) in [6.45, 7) is 4.76. The Hall–Kier alpha value is -7.98. The highest BCUT2D eigenvalue weighted by atomic mass is 32.1. The lowest BCUT2D eigenvalue weighted by atomic mass is 9.70. The first-order valence-corrected chi connectivity index (χ1v) is 24.1. The first-order valence-electron chi connectivity index (χ1n) is 23.3. The minimum absolute atomic E-state index is 0.146. The number of hydrogen-bond acceptors (Lipinski definition) is 3. The van der Waals surface area contributed by atoms with Crippen molar-refractivity contribution >= 4 is 65.6 Å². The highest BCUT2D eigenvalue weighted by molar-refractivity contribution is 7.25. The Labute approximate surface area is 395 Å². The minimum Gasteiger partial charge on any atom is -0.310 e. The third kappa shape index (κ3) is 5.38. The molecule has 0 N–H and O–H groups in total. The average Bonchev–Trinajstić information content (AvgIpc) is 4.06. The molecule has 0 aliphatic heterocycles. The monoisotopic (exact) mass is 872 g/mol. The summed E-state index contributed by atoms with van der Waals surface area (Å²) in [4.78, 5) is 4.92. The van der Waals surface area contributed by atoms with Crippen molar-refractivity contribution in [1.82, 2.24) is 0 Å². The fourth-order valence-corrected chi connectivity index (χ4v) is 13.2. The topological polar surface area (TPSA) is 6.48 Å². The second kappa shape index (κ2) is 14.3. The van der Waals surface area contributed by atoms with Crippen LogP contribution >= 0.6 is 11.3 Å². The van der Waals surface area contributed by atoms with Crippen LogP contribution in [0.5, 0.6) is 0 Å². The molecule has 1 aromatic heterocycles. The lowest BCUT2D eigenvalue weighted by molar-refractivity contribution is 0.660. The Morgan fingerprint density at radius 1 is 0.284 bits per heavy atom. The van der Waals surface area contributed by atoms with Gasteiger partial charge in [0.1, 0.15) is 0 Å². The molecule has 316 valence electrons. The smallest absolute Gasteiger partial charge is 0.0727 e. The van der Waals surface area contributed by atoms with Gasteiger partial charge >= 0.3 is 0 Å². The van der Waals surface area contributed by atoms with Gasteiger partial charge in [-0.15, -0.1) is 11.3 Å². The molecule has 14 rings (SSSR count). The van der Waals surface area contributed by atoms with E-state index in [0.29, 0.717) is 0 Å². The number of nitrogens with zero attached hydrogens (tertiary/aromatic N) is 2. The Bertz CT molecular complexity index is 3760. The van der Waals surface area contributed by atoms with Crippen LogP contribution in [0.15, 0.2) is 231 Å². The fraction of sp³-hybridized carbons (Fsp3) is 0.0625. The van der Waals surface area contributed by atoms with Crippen LogP contribution in [0.4, 0.5) is 34.1 Å². The van der Waals surface area contributed by atoms with Crippen molar-refractivity contribution in [2.24, 2.45) is 0 Å². The largest absolute Gasteiger partial charge is 0.310 e. The van der Waals surface area contributed by atoms with Gasteiger partial charge in [-0.1, -0.05) is 159 Å². The molecule has 0 radical (unpaired) electrons. The molecule has 2 nitrogen and oxygen atoms in total. The van der Waals surface area contributed by atoms with Gasteiger partial charge in [0.05, 0.1) is 5.41 Å². The minimum atomic E-state index is -0.566.